The van der Waals surface area contributed by atoms with Gasteiger partial charge in [0.15, 0.2) is 0 Å². The van der Waals surface area contributed by atoms with E-state index in [4.69, 9.17) is 10.2 Å². The highest BCUT2D eigenvalue weighted by Gasteiger charge is 2.29. The van der Waals surface area contributed by atoms with E-state index < -0.39 is 11.9 Å². The molecule has 3 rings (SSSR count). The molecule has 0 fully saturated rings. The Kier molecular flexibility index (Phi) is 7.78. The zero-order chi connectivity index (χ0) is 24.0. The second-order valence-corrected chi connectivity index (χ2v) is 7.93. The molecule has 0 aliphatic heterocycles. The van der Waals surface area contributed by atoms with Crippen LogP contribution in [0, 0.1) is 0 Å². The Morgan fingerprint density at radius 2 is 1.12 bits per heavy atom. The van der Waals surface area contributed by atoms with Gasteiger partial charge in [-0.25, -0.2) is 0 Å². The van der Waals surface area contributed by atoms with Crippen molar-refractivity contribution >= 4 is 35.1 Å². The molecule has 0 heterocycles. The van der Waals surface area contributed by atoms with E-state index in [0.717, 1.165) is 22.3 Å². The Bertz CT molecular complexity index is 997. The molecular weight excluding hydrogens is 428 g/mol. The summed E-state index contributed by atoms with van der Waals surface area (Å²) < 4.78 is 0. The molecule has 33 heavy (non-hydrogen) atoms. The largest absolute Gasteiger partial charge is 0.481 e. The van der Waals surface area contributed by atoms with Gasteiger partial charge in [0.05, 0.1) is 6.61 Å². The summed E-state index contributed by atoms with van der Waals surface area (Å²) in [6.07, 6.45) is 0.560. The first-order valence-electron chi connectivity index (χ1n) is 10.7. The molecule has 0 saturated carbocycles. The van der Waals surface area contributed by atoms with Crippen molar-refractivity contribution in [2.75, 3.05) is 17.2 Å². The fraction of sp³-hybridized carbons (Fsp3) is 0.333. The minimum absolute atomic E-state index is 0.0715. The number of hydrogen-bond acceptors (Lipinski definition) is 5. The number of nitrogens with one attached hydrogen (secondary N) is 2. The minimum Gasteiger partial charge on any atom is -0.481 e. The standard InChI is InChI=1S/C24H26N2O7/c27-13-20-18-11-14(25-21(28)3-1-5-23(30)31)7-9-16(18)17-10-8-15(12-19(17)20)26-22(29)4-2-6-24(32)33/h7-12,20,27H,1-6,13H2,(H,25,28)(H,26,29)(H,30,31)(H,32,33). The molecule has 0 saturated heterocycles. The van der Waals surface area contributed by atoms with Crippen LogP contribution in [0.5, 0.6) is 0 Å². The van der Waals surface area contributed by atoms with Gasteiger partial charge in [0.25, 0.3) is 0 Å². The summed E-state index contributed by atoms with van der Waals surface area (Å²) in [7, 11) is 0. The van der Waals surface area contributed by atoms with Crippen molar-refractivity contribution in [1.82, 2.24) is 0 Å². The summed E-state index contributed by atoms with van der Waals surface area (Å²) in [5, 5.41) is 33.0. The van der Waals surface area contributed by atoms with Gasteiger partial charge in [-0.3, -0.25) is 19.2 Å². The molecule has 1 aliphatic rings. The van der Waals surface area contributed by atoms with Crippen LogP contribution in [0.15, 0.2) is 36.4 Å². The van der Waals surface area contributed by atoms with Gasteiger partial charge in [-0.2, -0.15) is 0 Å². The molecule has 0 radical (unpaired) electrons. The Hall–Kier alpha value is -3.72. The van der Waals surface area contributed by atoms with E-state index in [1.54, 1.807) is 24.3 Å². The normalized spacial score (nSPS) is 12.0. The number of aliphatic hydroxyl groups excluding tert-OH is 1. The van der Waals surface area contributed by atoms with Gasteiger partial charge in [-0.15, -0.1) is 0 Å². The molecule has 0 bridgehead atoms. The van der Waals surface area contributed by atoms with Crippen molar-refractivity contribution in [3.8, 4) is 11.1 Å². The number of aliphatic carboxylic acids is 2. The van der Waals surface area contributed by atoms with Crippen LogP contribution in [0.3, 0.4) is 0 Å². The number of carboxylic acid groups (broad SMARTS) is 2. The number of aliphatic hydroxyl groups is 1. The fourth-order valence-electron chi connectivity index (χ4n) is 3.96. The first kappa shape index (κ1) is 23.9. The van der Waals surface area contributed by atoms with Gasteiger partial charge in [0.2, 0.25) is 11.8 Å². The van der Waals surface area contributed by atoms with E-state index in [0.29, 0.717) is 11.4 Å². The van der Waals surface area contributed by atoms with Crippen molar-refractivity contribution in [3.63, 3.8) is 0 Å². The number of amides is 2. The summed E-state index contributed by atoms with van der Waals surface area (Å²) in [4.78, 5) is 45.4. The predicted molar refractivity (Wildman–Crippen MR) is 121 cm³/mol. The molecule has 0 atom stereocenters. The summed E-state index contributed by atoms with van der Waals surface area (Å²) in [5.41, 5.74) is 4.67. The lowest BCUT2D eigenvalue weighted by atomic mass is 9.97. The van der Waals surface area contributed by atoms with Crippen molar-refractivity contribution in [2.45, 2.75) is 44.4 Å². The SMILES string of the molecule is O=C(O)CCCC(=O)Nc1ccc2c(c1)C(CO)c1cc(NC(=O)CCCC(=O)O)ccc1-2. The molecule has 2 aromatic carbocycles. The van der Waals surface area contributed by atoms with Gasteiger partial charge >= 0.3 is 11.9 Å². The molecule has 9 heteroatoms. The Balaban J connectivity index is 1.71. The zero-order valence-electron chi connectivity index (χ0n) is 18.0. The van der Waals surface area contributed by atoms with E-state index in [9.17, 15) is 24.3 Å². The number of benzene rings is 2. The van der Waals surface area contributed by atoms with Crippen LogP contribution in [-0.2, 0) is 19.2 Å². The third kappa shape index (κ3) is 6.17. The van der Waals surface area contributed by atoms with E-state index in [1.165, 1.54) is 0 Å². The smallest absolute Gasteiger partial charge is 0.303 e. The van der Waals surface area contributed by atoms with Gasteiger partial charge in [0.1, 0.15) is 0 Å². The van der Waals surface area contributed by atoms with Crippen molar-refractivity contribution < 1.29 is 34.5 Å². The maximum atomic E-state index is 12.1. The molecule has 0 unspecified atom stereocenters. The first-order valence-corrected chi connectivity index (χ1v) is 10.7. The Morgan fingerprint density at radius 3 is 1.48 bits per heavy atom. The number of carboxylic acids is 2. The molecule has 0 spiro atoms. The van der Waals surface area contributed by atoms with E-state index in [-0.39, 0.29) is 62.9 Å². The lowest BCUT2D eigenvalue weighted by Gasteiger charge is -2.13. The van der Waals surface area contributed by atoms with Crippen molar-refractivity contribution in [2.24, 2.45) is 0 Å². The molecule has 2 aromatic rings. The molecule has 0 aromatic heterocycles. The Morgan fingerprint density at radius 1 is 0.697 bits per heavy atom. The van der Waals surface area contributed by atoms with Crippen molar-refractivity contribution in [3.05, 3.63) is 47.5 Å². The van der Waals surface area contributed by atoms with E-state index >= 15 is 0 Å². The second-order valence-electron chi connectivity index (χ2n) is 7.93. The molecule has 5 N–H and O–H groups in total. The monoisotopic (exact) mass is 454 g/mol. The maximum absolute atomic E-state index is 12.1. The van der Waals surface area contributed by atoms with Gasteiger partial charge < -0.3 is 26.0 Å². The van der Waals surface area contributed by atoms with Crippen LogP contribution >= 0.6 is 0 Å². The van der Waals surface area contributed by atoms with Crippen LogP contribution in [0.25, 0.3) is 11.1 Å². The molecule has 9 nitrogen and oxygen atoms in total. The summed E-state index contributed by atoms with van der Waals surface area (Å²) in [6.45, 7) is -0.161. The summed E-state index contributed by atoms with van der Waals surface area (Å²) in [5.74, 6) is -2.78. The zero-order valence-corrected chi connectivity index (χ0v) is 18.0. The maximum Gasteiger partial charge on any atom is 0.303 e. The highest BCUT2D eigenvalue weighted by atomic mass is 16.4. The van der Waals surface area contributed by atoms with Gasteiger partial charge in [-0.1, -0.05) is 12.1 Å². The quantitative estimate of drug-likeness (QED) is 0.349. The number of carbonyl (C=O) groups is 4. The van der Waals surface area contributed by atoms with Crippen LogP contribution in [0.4, 0.5) is 11.4 Å². The molecule has 1 aliphatic carbocycles. The number of carbonyl (C=O) groups excluding carboxylic acids is 2. The summed E-state index contributed by atoms with van der Waals surface area (Å²) >= 11 is 0. The lowest BCUT2D eigenvalue weighted by molar-refractivity contribution is -0.138. The highest BCUT2D eigenvalue weighted by molar-refractivity contribution is 5.94. The topological polar surface area (TPSA) is 153 Å². The number of hydrogen-bond donors (Lipinski definition) is 5. The summed E-state index contributed by atoms with van der Waals surface area (Å²) in [6, 6.07) is 10.8. The van der Waals surface area contributed by atoms with Gasteiger partial charge in [0, 0.05) is 43.0 Å². The van der Waals surface area contributed by atoms with E-state index in [2.05, 4.69) is 10.6 Å². The van der Waals surface area contributed by atoms with Crippen LogP contribution < -0.4 is 10.6 Å². The molecule has 2 amide bonds. The van der Waals surface area contributed by atoms with Gasteiger partial charge in [-0.05, 0) is 59.4 Å². The highest BCUT2D eigenvalue weighted by Crippen LogP contribution is 2.46. The van der Waals surface area contributed by atoms with E-state index in [1.807, 2.05) is 12.1 Å². The van der Waals surface area contributed by atoms with Crippen molar-refractivity contribution in [1.29, 1.82) is 0 Å². The average molecular weight is 454 g/mol. The number of anilines is 2. The van der Waals surface area contributed by atoms with Crippen LogP contribution in [0.2, 0.25) is 0 Å². The first-order chi connectivity index (χ1) is 15.8. The number of rotatable bonds is 11. The second kappa shape index (κ2) is 10.7. The Labute approximate surface area is 190 Å². The average Bonchev–Trinajstić information content (AvgIpc) is 3.05. The third-order valence-corrected chi connectivity index (χ3v) is 5.48. The molecular formula is C24H26N2O7. The predicted octanol–water partition coefficient (Wildman–Crippen LogP) is 3.18. The lowest BCUT2D eigenvalue weighted by Crippen LogP contribution is -2.13. The molecule has 174 valence electrons. The van der Waals surface area contributed by atoms with Crippen LogP contribution in [-0.4, -0.2) is 45.7 Å². The fourth-order valence-corrected chi connectivity index (χ4v) is 3.96. The third-order valence-electron chi connectivity index (χ3n) is 5.48. The number of fused-ring (bicyclic) bond motifs is 3. The minimum atomic E-state index is -0.945. The van der Waals surface area contributed by atoms with Crippen LogP contribution in [0.1, 0.15) is 55.6 Å².